The van der Waals surface area contributed by atoms with E-state index in [2.05, 4.69) is 4.72 Å². The minimum Gasteiger partial charge on any atom is -0.462 e. The number of carbonyl (C=O) groups is 1. The van der Waals surface area contributed by atoms with Gasteiger partial charge in [0.15, 0.2) is 0 Å². The summed E-state index contributed by atoms with van der Waals surface area (Å²) in [6.45, 7) is 1.99. The lowest BCUT2D eigenvalue weighted by molar-refractivity contribution is 0.0526. The Labute approximate surface area is 133 Å². The lowest BCUT2D eigenvalue weighted by atomic mass is 10.2. The van der Waals surface area contributed by atoms with Gasteiger partial charge in [0.2, 0.25) is 0 Å². The van der Waals surface area contributed by atoms with E-state index in [0.29, 0.717) is 16.3 Å². The van der Waals surface area contributed by atoms with Gasteiger partial charge in [0, 0.05) is 10.7 Å². The van der Waals surface area contributed by atoms with Crippen molar-refractivity contribution in [3.63, 3.8) is 0 Å². The Hall–Kier alpha value is -2.05. The molecule has 0 radical (unpaired) electrons. The van der Waals surface area contributed by atoms with Crippen LogP contribution in [0.5, 0.6) is 0 Å². The molecule has 2 rings (SSSR count). The molecule has 2 aromatic carbocycles. The van der Waals surface area contributed by atoms with Crippen molar-refractivity contribution < 1.29 is 17.9 Å². The van der Waals surface area contributed by atoms with Crippen molar-refractivity contribution in [1.29, 1.82) is 0 Å². The number of sulfonamides is 1. The fourth-order valence-corrected chi connectivity index (χ4v) is 3.10. The van der Waals surface area contributed by atoms with E-state index >= 15 is 0 Å². The largest absolute Gasteiger partial charge is 0.462 e. The van der Waals surface area contributed by atoms with E-state index in [9.17, 15) is 13.2 Å². The standard InChI is InChI=1S/C15H14ClNO4S/c1-2-21-15(18)11-6-8-13(9-7-11)17-22(19,20)14-5-3-4-12(16)10-14/h3-10,17H,2H2,1H3. The molecule has 5 nitrogen and oxygen atoms in total. The molecule has 0 aliphatic carbocycles. The van der Waals surface area contributed by atoms with Crippen LogP contribution in [0.2, 0.25) is 5.02 Å². The Morgan fingerprint density at radius 1 is 1.18 bits per heavy atom. The lowest BCUT2D eigenvalue weighted by Gasteiger charge is -2.09. The van der Waals surface area contributed by atoms with Crippen LogP contribution in [-0.4, -0.2) is 21.0 Å². The zero-order valence-corrected chi connectivity index (χ0v) is 13.3. The number of benzene rings is 2. The van der Waals surface area contributed by atoms with Crippen LogP contribution in [0.4, 0.5) is 5.69 Å². The number of rotatable bonds is 5. The molecule has 2 aromatic rings. The maximum atomic E-state index is 12.2. The zero-order valence-electron chi connectivity index (χ0n) is 11.7. The van der Waals surface area contributed by atoms with Gasteiger partial charge in [-0.05, 0) is 49.4 Å². The molecule has 1 N–H and O–H groups in total. The third kappa shape index (κ3) is 3.99. The molecule has 22 heavy (non-hydrogen) atoms. The highest BCUT2D eigenvalue weighted by atomic mass is 35.5. The Morgan fingerprint density at radius 3 is 2.45 bits per heavy atom. The molecule has 0 aliphatic heterocycles. The maximum Gasteiger partial charge on any atom is 0.338 e. The fourth-order valence-electron chi connectivity index (χ4n) is 1.74. The van der Waals surface area contributed by atoms with Crippen LogP contribution >= 0.6 is 11.6 Å². The van der Waals surface area contributed by atoms with Crippen molar-refractivity contribution >= 4 is 33.3 Å². The van der Waals surface area contributed by atoms with E-state index < -0.39 is 16.0 Å². The number of ether oxygens (including phenoxy) is 1. The van der Waals surface area contributed by atoms with Crippen LogP contribution in [-0.2, 0) is 14.8 Å². The summed E-state index contributed by atoms with van der Waals surface area (Å²) < 4.78 is 31.7. The summed E-state index contributed by atoms with van der Waals surface area (Å²) in [5.41, 5.74) is 0.695. The van der Waals surface area contributed by atoms with Crippen LogP contribution in [0.15, 0.2) is 53.4 Å². The zero-order chi connectivity index (χ0) is 16.2. The number of carbonyl (C=O) groups excluding carboxylic acids is 1. The molecule has 0 saturated heterocycles. The van der Waals surface area contributed by atoms with Crippen LogP contribution in [0, 0.1) is 0 Å². The topological polar surface area (TPSA) is 72.5 Å². The van der Waals surface area contributed by atoms with Gasteiger partial charge in [-0.3, -0.25) is 4.72 Å². The molecule has 0 fully saturated rings. The number of hydrogen-bond donors (Lipinski definition) is 1. The van der Waals surface area contributed by atoms with E-state index in [1.54, 1.807) is 19.1 Å². The fraction of sp³-hybridized carbons (Fsp3) is 0.133. The van der Waals surface area contributed by atoms with E-state index in [4.69, 9.17) is 16.3 Å². The first-order chi connectivity index (χ1) is 10.4. The van der Waals surface area contributed by atoms with Crippen molar-refractivity contribution in [2.75, 3.05) is 11.3 Å². The number of halogens is 1. The molecule has 0 saturated carbocycles. The quantitative estimate of drug-likeness (QED) is 0.848. The number of nitrogens with one attached hydrogen (secondary N) is 1. The monoisotopic (exact) mass is 339 g/mol. The van der Waals surface area contributed by atoms with Gasteiger partial charge in [-0.1, -0.05) is 17.7 Å². The molecular weight excluding hydrogens is 326 g/mol. The summed E-state index contributed by atoms with van der Waals surface area (Å²) in [7, 11) is -3.73. The van der Waals surface area contributed by atoms with Crippen molar-refractivity contribution in [1.82, 2.24) is 0 Å². The Balaban J connectivity index is 2.18. The van der Waals surface area contributed by atoms with Crippen LogP contribution < -0.4 is 4.72 Å². The van der Waals surface area contributed by atoms with Crippen molar-refractivity contribution in [3.8, 4) is 0 Å². The van der Waals surface area contributed by atoms with Gasteiger partial charge in [0.1, 0.15) is 0 Å². The summed E-state index contributed by atoms with van der Waals surface area (Å²) >= 11 is 5.80. The molecule has 116 valence electrons. The van der Waals surface area contributed by atoms with Gasteiger partial charge in [0.05, 0.1) is 17.1 Å². The lowest BCUT2D eigenvalue weighted by Crippen LogP contribution is -2.13. The molecule has 0 unspecified atom stereocenters. The van der Waals surface area contributed by atoms with Gasteiger partial charge in [-0.2, -0.15) is 0 Å². The van der Waals surface area contributed by atoms with Crippen molar-refractivity contribution in [2.45, 2.75) is 11.8 Å². The minimum absolute atomic E-state index is 0.0643. The van der Waals surface area contributed by atoms with E-state index in [-0.39, 0.29) is 11.5 Å². The van der Waals surface area contributed by atoms with Gasteiger partial charge in [-0.15, -0.1) is 0 Å². The van der Waals surface area contributed by atoms with Gasteiger partial charge >= 0.3 is 5.97 Å². The minimum atomic E-state index is -3.73. The first kappa shape index (κ1) is 16.3. The van der Waals surface area contributed by atoms with E-state index in [0.717, 1.165) is 0 Å². The maximum absolute atomic E-state index is 12.2. The summed E-state index contributed by atoms with van der Waals surface area (Å²) in [6.07, 6.45) is 0. The number of esters is 1. The average Bonchev–Trinajstić information content (AvgIpc) is 2.48. The number of anilines is 1. The highest BCUT2D eigenvalue weighted by Crippen LogP contribution is 2.19. The Morgan fingerprint density at radius 2 is 1.86 bits per heavy atom. The Kier molecular flexibility index (Phi) is 5.05. The normalized spacial score (nSPS) is 11.0. The summed E-state index contributed by atoms with van der Waals surface area (Å²) in [5.74, 6) is -0.452. The number of hydrogen-bond acceptors (Lipinski definition) is 4. The van der Waals surface area contributed by atoms with Crippen molar-refractivity contribution in [2.24, 2.45) is 0 Å². The third-order valence-corrected chi connectivity index (χ3v) is 4.37. The van der Waals surface area contributed by atoms with E-state index in [1.165, 1.54) is 36.4 Å². The molecule has 0 amide bonds. The molecule has 0 bridgehead atoms. The van der Waals surface area contributed by atoms with Gasteiger partial charge in [0.25, 0.3) is 10.0 Å². The summed E-state index contributed by atoms with van der Waals surface area (Å²) in [6, 6.07) is 11.9. The first-order valence-electron chi connectivity index (χ1n) is 6.48. The molecule has 0 heterocycles. The summed E-state index contributed by atoms with van der Waals surface area (Å²) in [5, 5.41) is 0.334. The smallest absolute Gasteiger partial charge is 0.338 e. The molecule has 0 atom stereocenters. The molecule has 7 heteroatoms. The molecular formula is C15H14ClNO4S. The first-order valence-corrected chi connectivity index (χ1v) is 8.34. The van der Waals surface area contributed by atoms with Crippen LogP contribution in [0.3, 0.4) is 0 Å². The Bertz CT molecular complexity index is 772. The average molecular weight is 340 g/mol. The van der Waals surface area contributed by atoms with Crippen molar-refractivity contribution in [3.05, 3.63) is 59.1 Å². The second kappa shape index (κ2) is 6.81. The second-order valence-electron chi connectivity index (χ2n) is 4.36. The molecule has 0 spiro atoms. The molecule has 0 aromatic heterocycles. The summed E-state index contributed by atoms with van der Waals surface area (Å²) in [4.78, 5) is 11.6. The van der Waals surface area contributed by atoms with E-state index in [1.807, 2.05) is 0 Å². The van der Waals surface area contributed by atoms with Gasteiger partial charge < -0.3 is 4.74 Å². The highest BCUT2D eigenvalue weighted by molar-refractivity contribution is 7.92. The SMILES string of the molecule is CCOC(=O)c1ccc(NS(=O)(=O)c2cccc(Cl)c2)cc1. The van der Waals surface area contributed by atoms with Crippen LogP contribution in [0.25, 0.3) is 0 Å². The predicted octanol–water partition coefficient (Wildman–Crippen LogP) is 3.32. The highest BCUT2D eigenvalue weighted by Gasteiger charge is 2.15. The van der Waals surface area contributed by atoms with Crippen LogP contribution in [0.1, 0.15) is 17.3 Å². The second-order valence-corrected chi connectivity index (χ2v) is 6.48. The predicted molar refractivity (Wildman–Crippen MR) is 84.7 cm³/mol. The van der Waals surface area contributed by atoms with Gasteiger partial charge in [-0.25, -0.2) is 13.2 Å². The molecule has 0 aliphatic rings. The third-order valence-electron chi connectivity index (χ3n) is 2.75.